The molecule has 17 heavy (non-hydrogen) atoms. The molecule has 2 aromatic rings. The molecule has 0 atom stereocenters. The Labute approximate surface area is 101 Å². The summed E-state index contributed by atoms with van der Waals surface area (Å²) in [6.07, 6.45) is 3.72. The summed E-state index contributed by atoms with van der Waals surface area (Å²) in [5, 5.41) is 7.33. The van der Waals surface area contributed by atoms with Crippen molar-refractivity contribution in [2.45, 2.75) is 39.9 Å². The third kappa shape index (κ3) is 3.17. The first kappa shape index (κ1) is 11.9. The van der Waals surface area contributed by atoms with E-state index in [0.29, 0.717) is 12.6 Å². The van der Waals surface area contributed by atoms with Crippen molar-refractivity contribution in [1.82, 2.24) is 20.0 Å². The lowest BCUT2D eigenvalue weighted by Crippen LogP contribution is -2.21. The molecule has 92 valence electrons. The molecule has 1 N–H and O–H groups in total. The fourth-order valence-corrected chi connectivity index (χ4v) is 1.56. The highest BCUT2D eigenvalue weighted by atomic mass is 16.5. The Morgan fingerprint density at radius 2 is 2.29 bits per heavy atom. The average molecular weight is 234 g/mol. The summed E-state index contributed by atoms with van der Waals surface area (Å²) < 4.78 is 7.31. The summed E-state index contributed by atoms with van der Waals surface area (Å²) in [5.74, 6) is 1.83. The number of nitrogens with one attached hydrogen (secondary N) is 1. The first-order valence-corrected chi connectivity index (χ1v) is 5.80. The molecule has 2 aromatic heterocycles. The van der Waals surface area contributed by atoms with Crippen LogP contribution in [0.1, 0.15) is 31.1 Å². The van der Waals surface area contributed by atoms with Crippen LogP contribution in [0.4, 0.5) is 0 Å². The van der Waals surface area contributed by atoms with Gasteiger partial charge in [0, 0.05) is 31.0 Å². The van der Waals surface area contributed by atoms with Gasteiger partial charge in [-0.1, -0.05) is 19.0 Å². The fourth-order valence-electron chi connectivity index (χ4n) is 1.56. The van der Waals surface area contributed by atoms with E-state index in [0.717, 1.165) is 23.8 Å². The highest BCUT2D eigenvalue weighted by molar-refractivity contribution is 5.07. The zero-order valence-corrected chi connectivity index (χ0v) is 10.5. The number of rotatable bonds is 5. The maximum absolute atomic E-state index is 5.29. The van der Waals surface area contributed by atoms with Crippen LogP contribution in [0.5, 0.6) is 0 Å². The van der Waals surface area contributed by atoms with Gasteiger partial charge in [0.1, 0.15) is 5.82 Å². The van der Waals surface area contributed by atoms with Gasteiger partial charge < -0.3 is 14.4 Å². The summed E-state index contributed by atoms with van der Waals surface area (Å²) in [7, 11) is 0. The summed E-state index contributed by atoms with van der Waals surface area (Å²) in [5.41, 5.74) is 0.937. The first-order chi connectivity index (χ1) is 8.15. The van der Waals surface area contributed by atoms with E-state index in [2.05, 4.69) is 29.3 Å². The first-order valence-electron chi connectivity index (χ1n) is 5.80. The van der Waals surface area contributed by atoms with Gasteiger partial charge in [-0.3, -0.25) is 0 Å². The predicted molar refractivity (Wildman–Crippen MR) is 64.5 cm³/mol. The molecule has 5 heteroatoms. The van der Waals surface area contributed by atoms with Crippen molar-refractivity contribution in [1.29, 1.82) is 0 Å². The molecular formula is C12H18N4O. The van der Waals surface area contributed by atoms with E-state index in [9.17, 15) is 0 Å². The van der Waals surface area contributed by atoms with Gasteiger partial charge in [0.05, 0.1) is 12.2 Å². The lowest BCUT2D eigenvalue weighted by molar-refractivity contribution is 0.367. The van der Waals surface area contributed by atoms with E-state index in [4.69, 9.17) is 4.52 Å². The van der Waals surface area contributed by atoms with Crippen LogP contribution in [0, 0.1) is 6.92 Å². The van der Waals surface area contributed by atoms with Crippen molar-refractivity contribution < 1.29 is 4.52 Å². The van der Waals surface area contributed by atoms with Crippen LogP contribution < -0.4 is 5.32 Å². The van der Waals surface area contributed by atoms with Crippen molar-refractivity contribution in [2.24, 2.45) is 0 Å². The highest BCUT2D eigenvalue weighted by Crippen LogP contribution is 2.07. The van der Waals surface area contributed by atoms with Crippen molar-refractivity contribution in [3.8, 4) is 0 Å². The number of hydrogen-bond donors (Lipinski definition) is 1. The number of imidazole rings is 1. The zero-order valence-electron chi connectivity index (χ0n) is 10.5. The third-order valence-corrected chi connectivity index (χ3v) is 2.55. The molecule has 5 nitrogen and oxygen atoms in total. The topological polar surface area (TPSA) is 55.9 Å². The van der Waals surface area contributed by atoms with Crippen molar-refractivity contribution in [3.63, 3.8) is 0 Å². The van der Waals surface area contributed by atoms with Crippen LogP contribution in [0.3, 0.4) is 0 Å². The van der Waals surface area contributed by atoms with Crippen LogP contribution in [0.15, 0.2) is 23.0 Å². The van der Waals surface area contributed by atoms with Gasteiger partial charge in [-0.15, -0.1) is 0 Å². The molecule has 0 spiro atoms. The Kier molecular flexibility index (Phi) is 3.58. The van der Waals surface area contributed by atoms with Crippen molar-refractivity contribution in [3.05, 3.63) is 35.7 Å². The summed E-state index contributed by atoms with van der Waals surface area (Å²) in [6, 6.07) is 2.43. The van der Waals surface area contributed by atoms with Crippen LogP contribution in [-0.2, 0) is 13.1 Å². The van der Waals surface area contributed by atoms with Crippen LogP contribution in [-0.4, -0.2) is 20.7 Å². The smallest absolute Gasteiger partial charge is 0.156 e. The number of aromatic nitrogens is 3. The molecule has 2 heterocycles. The second-order valence-corrected chi connectivity index (χ2v) is 4.42. The van der Waals surface area contributed by atoms with Gasteiger partial charge in [0.2, 0.25) is 0 Å². The lowest BCUT2D eigenvalue weighted by Gasteiger charge is -2.03. The molecule has 0 radical (unpaired) electrons. The van der Waals surface area contributed by atoms with Crippen molar-refractivity contribution in [2.75, 3.05) is 0 Å². The molecule has 0 bridgehead atoms. The van der Waals surface area contributed by atoms with Gasteiger partial charge in [-0.25, -0.2) is 4.98 Å². The Morgan fingerprint density at radius 1 is 1.47 bits per heavy atom. The van der Waals surface area contributed by atoms with E-state index in [1.807, 2.05) is 23.8 Å². The van der Waals surface area contributed by atoms with E-state index >= 15 is 0 Å². The number of nitrogens with zero attached hydrogens (tertiary/aromatic N) is 3. The standard InChI is InChI=1S/C12H18N4O/c1-9(2)14-7-11-6-12(17-15-11)8-16-5-4-13-10(16)3/h4-6,9,14H,7-8H2,1-3H3. The largest absolute Gasteiger partial charge is 0.359 e. The molecule has 0 aliphatic carbocycles. The number of aryl methyl sites for hydroxylation is 1. The third-order valence-electron chi connectivity index (χ3n) is 2.55. The van der Waals surface area contributed by atoms with E-state index in [1.54, 1.807) is 6.20 Å². The second kappa shape index (κ2) is 5.14. The van der Waals surface area contributed by atoms with E-state index in [-0.39, 0.29) is 0 Å². The lowest BCUT2D eigenvalue weighted by atomic mass is 10.3. The van der Waals surface area contributed by atoms with Gasteiger partial charge in [-0.05, 0) is 6.92 Å². The SMILES string of the molecule is Cc1nccn1Cc1cc(CNC(C)C)no1. The van der Waals surface area contributed by atoms with Crippen molar-refractivity contribution >= 4 is 0 Å². The van der Waals surface area contributed by atoms with Gasteiger partial charge in [0.15, 0.2) is 5.76 Å². The Morgan fingerprint density at radius 3 is 2.94 bits per heavy atom. The minimum absolute atomic E-state index is 0.450. The molecule has 0 saturated heterocycles. The normalized spacial score (nSPS) is 11.3. The molecule has 0 aromatic carbocycles. The molecule has 0 aliphatic rings. The van der Waals surface area contributed by atoms with Crippen LogP contribution >= 0.6 is 0 Å². The van der Waals surface area contributed by atoms with Gasteiger partial charge in [0.25, 0.3) is 0 Å². The molecular weight excluding hydrogens is 216 g/mol. The Bertz CT molecular complexity index is 472. The summed E-state index contributed by atoms with van der Waals surface area (Å²) in [4.78, 5) is 4.17. The molecule has 0 amide bonds. The molecule has 0 fully saturated rings. The predicted octanol–water partition coefficient (Wildman–Crippen LogP) is 1.73. The minimum Gasteiger partial charge on any atom is -0.359 e. The Balaban J connectivity index is 1.97. The molecule has 0 unspecified atom stereocenters. The highest BCUT2D eigenvalue weighted by Gasteiger charge is 2.06. The van der Waals surface area contributed by atoms with E-state index < -0.39 is 0 Å². The maximum atomic E-state index is 5.29. The average Bonchev–Trinajstić information content (AvgIpc) is 2.87. The fraction of sp³-hybridized carbons (Fsp3) is 0.500. The summed E-state index contributed by atoms with van der Waals surface area (Å²) >= 11 is 0. The zero-order chi connectivity index (χ0) is 12.3. The number of hydrogen-bond acceptors (Lipinski definition) is 4. The maximum Gasteiger partial charge on any atom is 0.156 e. The summed E-state index contributed by atoms with van der Waals surface area (Å²) in [6.45, 7) is 7.61. The molecule has 0 aliphatic heterocycles. The molecule has 2 rings (SSSR count). The van der Waals surface area contributed by atoms with Gasteiger partial charge >= 0.3 is 0 Å². The quantitative estimate of drug-likeness (QED) is 0.856. The minimum atomic E-state index is 0.450. The van der Waals surface area contributed by atoms with Crippen LogP contribution in [0.2, 0.25) is 0 Å². The monoisotopic (exact) mass is 234 g/mol. The molecule has 0 saturated carbocycles. The van der Waals surface area contributed by atoms with E-state index in [1.165, 1.54) is 0 Å². The Hall–Kier alpha value is -1.62. The van der Waals surface area contributed by atoms with Gasteiger partial charge in [-0.2, -0.15) is 0 Å². The van der Waals surface area contributed by atoms with Crippen LogP contribution in [0.25, 0.3) is 0 Å². The second-order valence-electron chi connectivity index (χ2n) is 4.42.